The summed E-state index contributed by atoms with van der Waals surface area (Å²) in [6.45, 7) is 9.41. The number of fused-ring (bicyclic) bond motifs is 2. The minimum Gasteiger partial charge on any atom is -0.453 e. The van der Waals surface area contributed by atoms with E-state index in [4.69, 9.17) is 14.2 Å². The number of nitrogens with one attached hydrogen (secondary N) is 4. The Bertz CT molecular complexity index is 1900. The van der Waals surface area contributed by atoms with Gasteiger partial charge in [0.2, 0.25) is 11.8 Å². The number of likely N-dealkylation sites (tertiary alicyclic amines) is 1. The molecule has 13 heteroatoms. The van der Waals surface area contributed by atoms with Crippen LogP contribution in [-0.4, -0.2) is 69.0 Å². The Morgan fingerprint density at radius 3 is 2.26 bits per heavy atom. The highest BCUT2D eigenvalue weighted by Gasteiger charge is 2.38. The molecule has 0 unspecified atom stereocenters. The average Bonchev–Trinajstić information content (AvgIpc) is 3.96. The summed E-state index contributed by atoms with van der Waals surface area (Å²) in [6.07, 6.45) is 9.52. The predicted molar refractivity (Wildman–Crippen MR) is 201 cm³/mol. The second kappa shape index (κ2) is 17.0. The van der Waals surface area contributed by atoms with Gasteiger partial charge in [0.1, 0.15) is 17.7 Å². The monoisotopic (exact) mass is 725 g/mol. The minimum atomic E-state index is -0.683. The lowest BCUT2D eigenvalue weighted by Gasteiger charge is -2.30. The number of carbonyl (C=O) groups excluding carboxylic acids is 3. The molecule has 53 heavy (non-hydrogen) atoms. The molecule has 0 saturated carbocycles. The standard InChI is InChI=1S/C40H51N7O6/c1-6-24(3)19-36(48)41-17-9-8-12-35-42-22-28(44-35)26-13-15-31-33(20-26)52-32-16-14-27(21-34(32)53-31)29-23-43-38(45-29)30-11-10-18-47(30)39(49)37(25(4)7-2)46-40(50)51-5/h13-16,20-25,30,37H,6-12,17-19H2,1-5H3,(H,41,48)(H,42,44)(H,43,45)(H,46,50)/t24-,25-,30-,37-/m0/s1. The van der Waals surface area contributed by atoms with Gasteiger partial charge >= 0.3 is 6.09 Å². The number of aromatic amines is 2. The smallest absolute Gasteiger partial charge is 0.407 e. The van der Waals surface area contributed by atoms with Crippen molar-refractivity contribution in [2.45, 2.75) is 91.1 Å². The van der Waals surface area contributed by atoms with Crippen LogP contribution in [-0.2, 0) is 20.7 Å². The molecule has 0 radical (unpaired) electrons. The molecule has 4 heterocycles. The number of aryl methyl sites for hydroxylation is 1. The average molecular weight is 726 g/mol. The summed E-state index contributed by atoms with van der Waals surface area (Å²) < 4.78 is 17.4. The molecule has 2 aliphatic rings. The lowest BCUT2D eigenvalue weighted by Crippen LogP contribution is -2.51. The summed E-state index contributed by atoms with van der Waals surface area (Å²) in [5.41, 5.74) is 3.48. The van der Waals surface area contributed by atoms with Gasteiger partial charge in [0.25, 0.3) is 0 Å². The maximum Gasteiger partial charge on any atom is 0.407 e. The third-order valence-corrected chi connectivity index (χ3v) is 10.4. The van der Waals surface area contributed by atoms with Crippen LogP contribution in [0.2, 0.25) is 0 Å². The third kappa shape index (κ3) is 8.83. The Kier molecular flexibility index (Phi) is 12.0. The molecule has 0 spiro atoms. The number of unbranched alkanes of at least 4 members (excludes halogenated alkanes) is 1. The van der Waals surface area contributed by atoms with Crippen molar-refractivity contribution in [3.63, 3.8) is 0 Å². The molecule has 1 saturated heterocycles. The Hall–Kier alpha value is -5.33. The molecule has 4 aromatic rings. The Morgan fingerprint density at radius 2 is 1.60 bits per heavy atom. The van der Waals surface area contributed by atoms with Crippen molar-refractivity contribution in [3.8, 4) is 45.5 Å². The number of hydrogen-bond donors (Lipinski definition) is 4. The number of amides is 3. The highest BCUT2D eigenvalue weighted by Crippen LogP contribution is 2.47. The minimum absolute atomic E-state index is 0.0599. The number of benzene rings is 2. The molecule has 2 aliphatic heterocycles. The molecule has 4 atom stereocenters. The first-order valence-corrected chi connectivity index (χ1v) is 18.8. The van der Waals surface area contributed by atoms with Crippen molar-refractivity contribution in [3.05, 3.63) is 60.4 Å². The first-order valence-electron chi connectivity index (χ1n) is 18.8. The zero-order valence-electron chi connectivity index (χ0n) is 31.3. The van der Waals surface area contributed by atoms with Crippen LogP contribution in [0.15, 0.2) is 48.8 Å². The number of ether oxygens (including phenoxy) is 3. The summed E-state index contributed by atoms with van der Waals surface area (Å²) in [5, 5.41) is 5.76. The molecule has 0 aliphatic carbocycles. The highest BCUT2D eigenvalue weighted by atomic mass is 16.6. The van der Waals surface area contributed by atoms with Crippen LogP contribution < -0.4 is 20.1 Å². The second-order valence-electron chi connectivity index (χ2n) is 14.2. The van der Waals surface area contributed by atoms with Gasteiger partial charge in [0.15, 0.2) is 23.0 Å². The third-order valence-electron chi connectivity index (χ3n) is 10.4. The number of aromatic nitrogens is 4. The van der Waals surface area contributed by atoms with Crippen molar-refractivity contribution in [1.82, 2.24) is 35.5 Å². The van der Waals surface area contributed by atoms with Crippen LogP contribution in [0.5, 0.6) is 23.0 Å². The zero-order chi connectivity index (χ0) is 37.5. The molecule has 2 aromatic carbocycles. The summed E-state index contributed by atoms with van der Waals surface area (Å²) in [4.78, 5) is 55.7. The number of H-pyrrole nitrogens is 2. The molecule has 0 bridgehead atoms. The van der Waals surface area contributed by atoms with Gasteiger partial charge in [-0.3, -0.25) is 9.59 Å². The van der Waals surface area contributed by atoms with Crippen molar-refractivity contribution >= 4 is 17.9 Å². The van der Waals surface area contributed by atoms with Gasteiger partial charge in [-0.2, -0.15) is 0 Å². The molecule has 4 N–H and O–H groups in total. The molecule has 1 fully saturated rings. The predicted octanol–water partition coefficient (Wildman–Crippen LogP) is 7.67. The van der Waals surface area contributed by atoms with Crippen molar-refractivity contribution in [2.75, 3.05) is 20.2 Å². The van der Waals surface area contributed by atoms with E-state index in [1.807, 2.05) is 61.3 Å². The second-order valence-corrected chi connectivity index (χ2v) is 14.2. The van der Waals surface area contributed by atoms with E-state index >= 15 is 0 Å². The summed E-state index contributed by atoms with van der Waals surface area (Å²) in [5.74, 6) is 4.34. The fourth-order valence-corrected chi connectivity index (χ4v) is 6.75. The SMILES string of the molecule is CC[C@H](C)CC(=O)NCCCCc1ncc(-c2ccc3c(c2)Oc2ccc(-c4cnc([C@@H]5CCCN5C(=O)[C@@H](NC(=O)OC)[C@@H](C)CC)[nH]4)cc2O3)[nH]1. The van der Waals surface area contributed by atoms with E-state index < -0.39 is 12.1 Å². The van der Waals surface area contributed by atoms with Gasteiger partial charge in [0.05, 0.1) is 36.9 Å². The van der Waals surface area contributed by atoms with Crippen molar-refractivity contribution < 1.29 is 28.6 Å². The lowest BCUT2D eigenvalue weighted by atomic mass is 9.97. The first-order chi connectivity index (χ1) is 25.7. The molecule has 6 rings (SSSR count). The number of nitrogens with zero attached hydrogens (tertiary/aromatic N) is 3. The molecular formula is C40H51N7O6. The maximum atomic E-state index is 13.7. The zero-order valence-corrected chi connectivity index (χ0v) is 31.3. The first kappa shape index (κ1) is 37.4. The summed E-state index contributed by atoms with van der Waals surface area (Å²) >= 11 is 0. The van der Waals surface area contributed by atoms with Gasteiger partial charge in [-0.25, -0.2) is 14.8 Å². The molecule has 3 amide bonds. The number of carbonyl (C=O) groups is 3. The Balaban J connectivity index is 1.06. The fourth-order valence-electron chi connectivity index (χ4n) is 6.75. The van der Waals surface area contributed by atoms with Gasteiger partial charge in [0, 0.05) is 37.1 Å². The number of methoxy groups -OCH3 is 1. The normalized spacial score (nSPS) is 16.4. The molecule has 282 valence electrons. The largest absolute Gasteiger partial charge is 0.453 e. The van der Waals surface area contributed by atoms with Crippen LogP contribution in [0.1, 0.15) is 90.3 Å². The van der Waals surface area contributed by atoms with Crippen LogP contribution >= 0.6 is 0 Å². The molecule has 13 nitrogen and oxygen atoms in total. The van der Waals surface area contributed by atoms with Crippen molar-refractivity contribution in [2.24, 2.45) is 11.8 Å². The topological polar surface area (TPSA) is 164 Å². The van der Waals surface area contributed by atoms with E-state index in [-0.39, 0.29) is 23.8 Å². The van der Waals surface area contributed by atoms with E-state index in [0.717, 1.165) is 73.3 Å². The van der Waals surface area contributed by atoms with E-state index in [0.29, 0.717) is 54.3 Å². The van der Waals surface area contributed by atoms with Crippen LogP contribution in [0, 0.1) is 11.8 Å². The number of alkyl carbamates (subject to hydrolysis) is 1. The summed E-state index contributed by atoms with van der Waals surface area (Å²) in [6, 6.07) is 10.6. The number of rotatable bonds is 15. The van der Waals surface area contributed by atoms with E-state index in [1.165, 1.54) is 7.11 Å². The lowest BCUT2D eigenvalue weighted by molar-refractivity contribution is -0.135. The van der Waals surface area contributed by atoms with Gasteiger partial charge in [-0.05, 0) is 73.9 Å². The molecule has 2 aromatic heterocycles. The van der Waals surface area contributed by atoms with Crippen LogP contribution in [0.25, 0.3) is 22.5 Å². The Morgan fingerprint density at radius 1 is 0.925 bits per heavy atom. The van der Waals surface area contributed by atoms with Gasteiger partial charge in [-0.15, -0.1) is 0 Å². The van der Waals surface area contributed by atoms with E-state index in [1.54, 1.807) is 6.20 Å². The van der Waals surface area contributed by atoms with Crippen molar-refractivity contribution in [1.29, 1.82) is 0 Å². The van der Waals surface area contributed by atoms with Crippen LogP contribution in [0.3, 0.4) is 0 Å². The number of hydrogen-bond acceptors (Lipinski definition) is 8. The molecular weight excluding hydrogens is 674 g/mol. The highest BCUT2D eigenvalue weighted by molar-refractivity contribution is 5.86. The number of imidazole rings is 2. The Labute approximate surface area is 310 Å². The van der Waals surface area contributed by atoms with Gasteiger partial charge in [-0.1, -0.05) is 40.5 Å². The van der Waals surface area contributed by atoms with Gasteiger partial charge < -0.3 is 39.7 Å². The summed E-state index contributed by atoms with van der Waals surface area (Å²) in [7, 11) is 1.30. The van der Waals surface area contributed by atoms with E-state index in [2.05, 4.69) is 44.4 Å². The maximum absolute atomic E-state index is 13.7. The quantitative estimate of drug-likeness (QED) is 0.0799. The fraction of sp³-hybridized carbons (Fsp3) is 0.475. The van der Waals surface area contributed by atoms with Crippen LogP contribution in [0.4, 0.5) is 4.79 Å². The van der Waals surface area contributed by atoms with E-state index in [9.17, 15) is 14.4 Å².